The Morgan fingerprint density at radius 2 is 1.89 bits per heavy atom. The highest BCUT2D eigenvalue weighted by atomic mass is 19.4. The molecule has 5 rings (SSSR count). The van der Waals surface area contributed by atoms with Crippen LogP contribution in [0.3, 0.4) is 0 Å². The molecule has 206 valence electrons. The number of rotatable bonds is 4. The summed E-state index contributed by atoms with van der Waals surface area (Å²) in [5.41, 5.74) is -0.895. The van der Waals surface area contributed by atoms with Crippen LogP contribution < -0.4 is 15.4 Å². The van der Waals surface area contributed by atoms with Gasteiger partial charge in [-0.05, 0) is 58.8 Å². The molecule has 4 aliphatic heterocycles. The van der Waals surface area contributed by atoms with E-state index in [1.807, 2.05) is 25.7 Å². The van der Waals surface area contributed by atoms with E-state index in [1.54, 1.807) is 4.90 Å². The van der Waals surface area contributed by atoms with Gasteiger partial charge in [-0.15, -0.1) is 0 Å². The highest BCUT2D eigenvalue weighted by Gasteiger charge is 2.47. The first kappa shape index (κ1) is 26.1. The molecule has 3 saturated heterocycles. The molecule has 9 nitrogen and oxygen atoms in total. The summed E-state index contributed by atoms with van der Waals surface area (Å²) in [4.78, 5) is 34.9. The van der Waals surface area contributed by atoms with Crippen molar-refractivity contribution in [1.82, 2.24) is 14.5 Å². The van der Waals surface area contributed by atoms with Crippen molar-refractivity contribution in [1.29, 1.82) is 0 Å². The van der Waals surface area contributed by atoms with Crippen LogP contribution in [0.4, 0.5) is 29.7 Å². The summed E-state index contributed by atoms with van der Waals surface area (Å²) >= 11 is 0. The first-order chi connectivity index (χ1) is 17.4. The van der Waals surface area contributed by atoms with Gasteiger partial charge < -0.3 is 24.2 Å². The molecule has 2 unspecified atom stereocenters. The number of ether oxygens (including phenoxy) is 2. The SMILES string of the molecule is CC(C)(C)OC(=O)N1CCC(CCN2c3nc(N4C[C@@H]5CC4CO5)cc(=O)n3CCC2C(F)(F)F)CC1. The fraction of sp³-hybridized carbons (Fsp3) is 0.800. The zero-order valence-electron chi connectivity index (χ0n) is 21.7. The van der Waals surface area contributed by atoms with Crippen molar-refractivity contribution in [3.05, 3.63) is 16.4 Å². The normalized spacial score (nSPS) is 26.5. The van der Waals surface area contributed by atoms with Crippen molar-refractivity contribution >= 4 is 17.9 Å². The van der Waals surface area contributed by atoms with Gasteiger partial charge in [0.15, 0.2) is 0 Å². The van der Waals surface area contributed by atoms with Gasteiger partial charge in [0.2, 0.25) is 5.95 Å². The molecule has 1 amide bonds. The molecular formula is C25H36F3N5O4. The van der Waals surface area contributed by atoms with Crippen LogP contribution in [0.25, 0.3) is 0 Å². The topological polar surface area (TPSA) is 80.1 Å². The van der Waals surface area contributed by atoms with E-state index in [4.69, 9.17) is 9.47 Å². The third-order valence-electron chi connectivity index (χ3n) is 7.85. The summed E-state index contributed by atoms with van der Waals surface area (Å²) in [6.45, 7) is 7.76. The third-order valence-corrected chi connectivity index (χ3v) is 7.85. The summed E-state index contributed by atoms with van der Waals surface area (Å²) < 4.78 is 54.8. The first-order valence-corrected chi connectivity index (χ1v) is 13.2. The Hall–Kier alpha value is -2.50. The maximum atomic E-state index is 14.1. The molecule has 0 aliphatic carbocycles. The lowest BCUT2D eigenvalue weighted by atomic mass is 9.93. The van der Waals surface area contributed by atoms with Gasteiger partial charge in [0, 0.05) is 38.8 Å². The van der Waals surface area contributed by atoms with Gasteiger partial charge in [0.05, 0.1) is 18.8 Å². The van der Waals surface area contributed by atoms with Crippen LogP contribution in [0.1, 0.15) is 52.9 Å². The molecule has 4 aliphatic rings. The van der Waals surface area contributed by atoms with Crippen LogP contribution in [0.2, 0.25) is 0 Å². The Balaban J connectivity index is 1.30. The van der Waals surface area contributed by atoms with Crippen molar-refractivity contribution in [2.75, 3.05) is 42.6 Å². The average molecular weight is 528 g/mol. The monoisotopic (exact) mass is 527 g/mol. The molecule has 1 aromatic rings. The Labute approximate surface area is 214 Å². The van der Waals surface area contributed by atoms with Crippen LogP contribution >= 0.6 is 0 Å². The number of alkyl halides is 3. The number of likely N-dealkylation sites (tertiary alicyclic amines) is 1. The van der Waals surface area contributed by atoms with Gasteiger partial charge in [-0.2, -0.15) is 18.2 Å². The van der Waals surface area contributed by atoms with Gasteiger partial charge in [-0.3, -0.25) is 9.36 Å². The summed E-state index contributed by atoms with van der Waals surface area (Å²) in [6, 6.07) is -0.136. The number of piperidine rings is 1. The van der Waals surface area contributed by atoms with E-state index in [0.717, 1.165) is 6.42 Å². The number of morpholine rings is 1. The molecule has 12 heteroatoms. The van der Waals surface area contributed by atoms with Crippen LogP contribution in [0.5, 0.6) is 0 Å². The van der Waals surface area contributed by atoms with Crippen LogP contribution in [0.15, 0.2) is 10.9 Å². The van der Waals surface area contributed by atoms with Gasteiger partial charge in [-0.25, -0.2) is 4.79 Å². The van der Waals surface area contributed by atoms with Gasteiger partial charge in [0.1, 0.15) is 17.5 Å². The largest absolute Gasteiger partial charge is 0.444 e. The second kappa shape index (κ2) is 9.67. The molecule has 0 spiro atoms. The van der Waals surface area contributed by atoms with E-state index in [1.165, 1.54) is 15.5 Å². The van der Waals surface area contributed by atoms with Crippen molar-refractivity contribution in [3.8, 4) is 0 Å². The molecule has 3 fully saturated rings. The highest BCUT2D eigenvalue weighted by molar-refractivity contribution is 5.68. The predicted molar refractivity (Wildman–Crippen MR) is 131 cm³/mol. The number of hydrogen-bond donors (Lipinski definition) is 0. The van der Waals surface area contributed by atoms with Crippen molar-refractivity contribution in [3.63, 3.8) is 0 Å². The number of amides is 1. The second-order valence-electron chi connectivity index (χ2n) is 11.6. The lowest BCUT2D eigenvalue weighted by Crippen LogP contribution is -2.53. The van der Waals surface area contributed by atoms with Crippen LogP contribution in [-0.4, -0.2) is 83.3 Å². The number of nitrogens with zero attached hydrogens (tertiary/aromatic N) is 5. The van der Waals surface area contributed by atoms with Crippen molar-refractivity contribution < 1.29 is 27.4 Å². The average Bonchev–Trinajstić information content (AvgIpc) is 3.45. The van der Waals surface area contributed by atoms with Gasteiger partial charge in [-0.1, -0.05) is 0 Å². The highest BCUT2D eigenvalue weighted by Crippen LogP contribution is 2.37. The molecule has 0 aromatic carbocycles. The summed E-state index contributed by atoms with van der Waals surface area (Å²) in [6.07, 6.45) is -2.13. The summed E-state index contributed by atoms with van der Waals surface area (Å²) in [7, 11) is 0. The van der Waals surface area contributed by atoms with Crippen LogP contribution in [-0.2, 0) is 16.0 Å². The number of carbonyl (C=O) groups excluding carboxylic acids is 1. The van der Waals surface area contributed by atoms with E-state index in [0.29, 0.717) is 51.3 Å². The lowest BCUT2D eigenvalue weighted by Gasteiger charge is -2.41. The molecule has 0 radical (unpaired) electrons. The number of carbonyl (C=O) groups is 1. The standard InChI is InChI=1S/C25H36F3N5O4/c1-24(2,3)37-23(35)30-8-4-16(5-9-30)6-10-31-19(25(26,27)28)7-11-32-21(34)13-20(29-22(31)32)33-14-18-12-17(33)15-36-18/h13,16-19H,4-12,14-15H2,1-3H3/t17?,18-,19?/m0/s1. The minimum Gasteiger partial charge on any atom is -0.444 e. The minimum absolute atomic E-state index is 0.00837. The molecule has 1 aromatic heterocycles. The van der Waals surface area contributed by atoms with Gasteiger partial charge >= 0.3 is 12.3 Å². The summed E-state index contributed by atoms with van der Waals surface area (Å²) in [5.74, 6) is 0.709. The maximum absolute atomic E-state index is 14.1. The van der Waals surface area contributed by atoms with Crippen LogP contribution in [0, 0.1) is 5.92 Å². The molecular weight excluding hydrogens is 491 g/mol. The predicted octanol–water partition coefficient (Wildman–Crippen LogP) is 3.40. The third kappa shape index (κ3) is 5.53. The Morgan fingerprint density at radius 3 is 2.49 bits per heavy atom. The minimum atomic E-state index is -4.43. The maximum Gasteiger partial charge on any atom is 0.410 e. The number of hydrogen-bond acceptors (Lipinski definition) is 7. The molecule has 5 heterocycles. The smallest absolute Gasteiger partial charge is 0.410 e. The molecule has 3 atom stereocenters. The number of aromatic nitrogens is 2. The molecule has 37 heavy (non-hydrogen) atoms. The molecule has 0 N–H and O–H groups in total. The van der Waals surface area contributed by atoms with E-state index in [9.17, 15) is 22.8 Å². The fourth-order valence-corrected chi connectivity index (χ4v) is 5.93. The number of halogens is 3. The Bertz CT molecular complexity index is 1060. The van der Waals surface area contributed by atoms with E-state index in [2.05, 4.69) is 4.98 Å². The lowest BCUT2D eigenvalue weighted by molar-refractivity contribution is -0.152. The van der Waals surface area contributed by atoms with Gasteiger partial charge in [0.25, 0.3) is 5.56 Å². The quantitative estimate of drug-likeness (QED) is 0.594. The van der Waals surface area contributed by atoms with E-state index in [-0.39, 0.29) is 55.2 Å². The van der Waals surface area contributed by atoms with E-state index < -0.39 is 17.8 Å². The fourth-order valence-electron chi connectivity index (χ4n) is 5.93. The number of fused-ring (bicyclic) bond motifs is 3. The zero-order valence-corrected chi connectivity index (χ0v) is 21.7. The van der Waals surface area contributed by atoms with E-state index >= 15 is 0 Å². The second-order valence-corrected chi connectivity index (χ2v) is 11.6. The summed E-state index contributed by atoms with van der Waals surface area (Å²) in [5, 5.41) is 0. The number of anilines is 2. The first-order valence-electron chi connectivity index (χ1n) is 13.2. The molecule has 0 saturated carbocycles. The Kier molecular flexibility index (Phi) is 6.82. The molecule has 2 bridgehead atoms. The Morgan fingerprint density at radius 1 is 1.16 bits per heavy atom. The van der Waals surface area contributed by atoms with Crippen molar-refractivity contribution in [2.24, 2.45) is 5.92 Å². The van der Waals surface area contributed by atoms with Crippen molar-refractivity contribution in [2.45, 2.75) is 89.4 Å². The zero-order chi connectivity index (χ0) is 26.5.